The summed E-state index contributed by atoms with van der Waals surface area (Å²) in [6.07, 6.45) is -0.191. The highest BCUT2D eigenvalue weighted by atomic mass is 35.5. The third kappa shape index (κ3) is 5.89. The Labute approximate surface area is 153 Å². The van der Waals surface area contributed by atoms with Crippen molar-refractivity contribution in [1.82, 2.24) is 5.32 Å². The van der Waals surface area contributed by atoms with E-state index >= 15 is 0 Å². The quantitative estimate of drug-likeness (QED) is 0.829. The molecule has 0 saturated heterocycles. The summed E-state index contributed by atoms with van der Waals surface area (Å²) in [7, 11) is 0. The molecule has 0 spiro atoms. The van der Waals surface area contributed by atoms with Crippen LogP contribution in [0.15, 0.2) is 24.3 Å². The number of nitrogens with two attached hydrogens (primary N) is 1. The van der Waals surface area contributed by atoms with Gasteiger partial charge in [-0.15, -0.1) is 12.4 Å². The minimum atomic E-state index is -4.33. The topological polar surface area (TPSA) is 55.1 Å². The highest BCUT2D eigenvalue weighted by Gasteiger charge is 2.38. The number of carbonyl (C=O) groups excluding carboxylic acids is 1. The number of rotatable bonds is 4. The number of amides is 1. The van der Waals surface area contributed by atoms with Crippen molar-refractivity contribution in [2.24, 2.45) is 11.7 Å². The molecule has 1 fully saturated rings. The Bertz CT molecular complexity index is 573. The third-order valence-corrected chi connectivity index (χ3v) is 4.78. The van der Waals surface area contributed by atoms with Crippen LogP contribution in [0.5, 0.6) is 0 Å². The first-order chi connectivity index (χ1) is 11.1. The van der Waals surface area contributed by atoms with Crippen molar-refractivity contribution in [2.75, 3.05) is 0 Å². The van der Waals surface area contributed by atoms with Crippen LogP contribution in [0.2, 0.25) is 0 Å². The third-order valence-electron chi connectivity index (χ3n) is 4.78. The second-order valence-corrected chi connectivity index (χ2v) is 7.11. The van der Waals surface area contributed by atoms with Crippen LogP contribution in [0.3, 0.4) is 0 Å². The molecule has 25 heavy (non-hydrogen) atoms. The smallest absolute Gasteiger partial charge is 0.353 e. The van der Waals surface area contributed by atoms with Crippen LogP contribution in [0.1, 0.15) is 50.7 Å². The predicted molar refractivity (Wildman–Crippen MR) is 94.6 cm³/mol. The lowest BCUT2D eigenvalue weighted by atomic mass is 9.74. The van der Waals surface area contributed by atoms with Crippen molar-refractivity contribution in [3.8, 4) is 0 Å². The van der Waals surface area contributed by atoms with E-state index in [1.54, 1.807) is 0 Å². The van der Waals surface area contributed by atoms with Gasteiger partial charge >= 0.3 is 6.18 Å². The van der Waals surface area contributed by atoms with Crippen molar-refractivity contribution in [2.45, 2.75) is 63.7 Å². The molecule has 1 aromatic rings. The van der Waals surface area contributed by atoms with Gasteiger partial charge in [0, 0.05) is 11.6 Å². The molecule has 3 nitrogen and oxygen atoms in total. The maximum absolute atomic E-state index is 12.6. The first kappa shape index (κ1) is 21.8. The standard InChI is InChI=1S/C18H25F3N2O.ClH/c1-12(11-13-6-8-14(9-7-13)18(19,20)21)23-16(24)15-5-3-4-10-17(15,2)22;/h6-9,12,15H,3-5,10-11,22H2,1-2H3,(H,23,24);1H. The molecule has 0 bridgehead atoms. The molecule has 1 amide bonds. The van der Waals surface area contributed by atoms with Gasteiger partial charge in [0.25, 0.3) is 0 Å². The molecule has 0 heterocycles. The maximum atomic E-state index is 12.6. The summed E-state index contributed by atoms with van der Waals surface area (Å²) in [5.74, 6) is -0.264. The second kappa shape index (κ2) is 8.41. The van der Waals surface area contributed by atoms with Gasteiger partial charge in [-0.1, -0.05) is 25.0 Å². The van der Waals surface area contributed by atoms with Crippen LogP contribution in [0.4, 0.5) is 13.2 Å². The molecule has 2 rings (SSSR count). The van der Waals surface area contributed by atoms with E-state index in [0.29, 0.717) is 6.42 Å². The average Bonchev–Trinajstić information content (AvgIpc) is 2.46. The van der Waals surface area contributed by atoms with Crippen LogP contribution in [-0.2, 0) is 17.4 Å². The summed E-state index contributed by atoms with van der Waals surface area (Å²) in [4.78, 5) is 12.5. The van der Waals surface area contributed by atoms with Crippen LogP contribution in [0.25, 0.3) is 0 Å². The van der Waals surface area contributed by atoms with Gasteiger partial charge in [0.1, 0.15) is 0 Å². The molecule has 3 N–H and O–H groups in total. The Morgan fingerprint density at radius 2 is 1.92 bits per heavy atom. The Morgan fingerprint density at radius 3 is 2.44 bits per heavy atom. The number of alkyl halides is 3. The lowest BCUT2D eigenvalue weighted by Crippen LogP contribution is -2.54. The summed E-state index contributed by atoms with van der Waals surface area (Å²) >= 11 is 0. The van der Waals surface area contributed by atoms with Crippen molar-refractivity contribution in [1.29, 1.82) is 0 Å². The monoisotopic (exact) mass is 378 g/mol. The molecule has 3 unspecified atom stereocenters. The number of benzene rings is 1. The number of carbonyl (C=O) groups is 1. The van der Waals surface area contributed by atoms with Gasteiger partial charge in [-0.25, -0.2) is 0 Å². The molecule has 0 aromatic heterocycles. The molecule has 7 heteroatoms. The summed E-state index contributed by atoms with van der Waals surface area (Å²) < 4.78 is 37.7. The van der Waals surface area contributed by atoms with E-state index in [2.05, 4.69) is 5.32 Å². The molecular formula is C18H26ClF3N2O. The molecule has 1 aromatic carbocycles. The molecular weight excluding hydrogens is 353 g/mol. The molecule has 0 radical (unpaired) electrons. The minimum absolute atomic E-state index is 0. The van der Waals surface area contributed by atoms with Crippen LogP contribution >= 0.6 is 12.4 Å². The second-order valence-electron chi connectivity index (χ2n) is 7.11. The first-order valence-electron chi connectivity index (χ1n) is 8.35. The fourth-order valence-electron chi connectivity index (χ4n) is 3.37. The minimum Gasteiger partial charge on any atom is -0.353 e. The van der Waals surface area contributed by atoms with E-state index in [4.69, 9.17) is 5.73 Å². The van der Waals surface area contributed by atoms with Gasteiger partial charge in [-0.2, -0.15) is 13.2 Å². The van der Waals surface area contributed by atoms with Crippen LogP contribution in [0, 0.1) is 5.92 Å². The molecule has 142 valence electrons. The molecule has 1 aliphatic rings. The van der Waals surface area contributed by atoms with Crippen molar-refractivity contribution in [3.05, 3.63) is 35.4 Å². The summed E-state index contributed by atoms with van der Waals surface area (Å²) in [6.45, 7) is 3.77. The van der Waals surface area contributed by atoms with E-state index in [0.717, 1.165) is 43.4 Å². The normalized spacial score (nSPS) is 25.0. The first-order valence-corrected chi connectivity index (χ1v) is 8.35. The number of hydrogen-bond acceptors (Lipinski definition) is 2. The van der Waals surface area contributed by atoms with E-state index in [9.17, 15) is 18.0 Å². The van der Waals surface area contributed by atoms with Gasteiger partial charge in [0.2, 0.25) is 5.91 Å². The van der Waals surface area contributed by atoms with Crippen LogP contribution < -0.4 is 11.1 Å². The van der Waals surface area contributed by atoms with E-state index < -0.39 is 17.3 Å². The summed E-state index contributed by atoms with van der Waals surface area (Å²) in [6, 6.07) is 4.90. The number of halogens is 4. The zero-order chi connectivity index (χ0) is 18.0. The lowest BCUT2D eigenvalue weighted by molar-refractivity contribution is -0.137. The van der Waals surface area contributed by atoms with Gasteiger partial charge < -0.3 is 11.1 Å². The largest absolute Gasteiger partial charge is 0.416 e. The van der Waals surface area contributed by atoms with Crippen molar-refractivity contribution < 1.29 is 18.0 Å². The predicted octanol–water partition coefficient (Wildman–Crippen LogP) is 4.08. The zero-order valence-corrected chi connectivity index (χ0v) is 15.3. The van der Waals surface area contributed by atoms with Crippen LogP contribution in [-0.4, -0.2) is 17.5 Å². The maximum Gasteiger partial charge on any atom is 0.416 e. The summed E-state index contributed by atoms with van der Waals surface area (Å²) in [5, 5.41) is 2.96. The molecule has 3 atom stereocenters. The SMILES string of the molecule is CC(Cc1ccc(C(F)(F)F)cc1)NC(=O)C1CCCCC1(C)N.Cl. The fourth-order valence-corrected chi connectivity index (χ4v) is 3.37. The van der Waals surface area contributed by atoms with Crippen molar-refractivity contribution in [3.63, 3.8) is 0 Å². The Balaban J connectivity index is 0.00000312. The van der Waals surface area contributed by atoms with Gasteiger partial charge in [-0.3, -0.25) is 4.79 Å². The van der Waals surface area contributed by atoms with E-state index in [1.807, 2.05) is 13.8 Å². The lowest BCUT2D eigenvalue weighted by Gasteiger charge is -2.37. The number of hydrogen-bond donors (Lipinski definition) is 2. The summed E-state index contributed by atoms with van der Waals surface area (Å²) in [5.41, 5.74) is 5.85. The number of nitrogens with one attached hydrogen (secondary N) is 1. The van der Waals surface area contributed by atoms with Gasteiger partial charge in [0.05, 0.1) is 11.5 Å². The van der Waals surface area contributed by atoms with Crippen molar-refractivity contribution >= 4 is 18.3 Å². The van der Waals surface area contributed by atoms with Gasteiger partial charge in [0.15, 0.2) is 0 Å². The average molecular weight is 379 g/mol. The zero-order valence-electron chi connectivity index (χ0n) is 14.5. The molecule has 1 aliphatic carbocycles. The Morgan fingerprint density at radius 1 is 1.32 bits per heavy atom. The Kier molecular flexibility index (Phi) is 7.32. The van der Waals surface area contributed by atoms with E-state index in [1.165, 1.54) is 12.1 Å². The van der Waals surface area contributed by atoms with E-state index in [-0.39, 0.29) is 30.3 Å². The molecule has 0 aliphatic heterocycles. The fraction of sp³-hybridized carbons (Fsp3) is 0.611. The van der Waals surface area contributed by atoms with Gasteiger partial charge in [-0.05, 0) is 50.8 Å². The Hall–Kier alpha value is -1.27. The highest BCUT2D eigenvalue weighted by Crippen LogP contribution is 2.32. The molecule has 1 saturated carbocycles. The highest BCUT2D eigenvalue weighted by molar-refractivity contribution is 5.85.